The first-order valence-corrected chi connectivity index (χ1v) is 10.6. The average molecular weight is 457 g/mol. The molecule has 4 atom stereocenters. The standard InChI is InChI=1S/C20H27Br2NO/c1-18-6-13-7-19(2,10-18)12-20(8-13,11-18)23-9-14-4-15(21)5-16(22)17(14)24-3/h4-5,13,23H,6-12H2,1-3H3/t13?,18-,19+,20?. The van der Waals surface area contributed by atoms with Crippen LogP contribution in [0.25, 0.3) is 0 Å². The van der Waals surface area contributed by atoms with Gasteiger partial charge < -0.3 is 10.1 Å². The van der Waals surface area contributed by atoms with Crippen molar-refractivity contribution >= 4 is 31.9 Å². The Morgan fingerprint density at radius 3 is 2.33 bits per heavy atom. The van der Waals surface area contributed by atoms with Gasteiger partial charge in [-0.25, -0.2) is 0 Å². The van der Waals surface area contributed by atoms with E-state index in [0.717, 1.165) is 27.2 Å². The van der Waals surface area contributed by atoms with Crippen LogP contribution in [-0.4, -0.2) is 12.6 Å². The molecule has 1 aromatic carbocycles. The van der Waals surface area contributed by atoms with Crippen molar-refractivity contribution in [2.75, 3.05) is 7.11 Å². The molecule has 4 aliphatic carbocycles. The van der Waals surface area contributed by atoms with Gasteiger partial charge in [-0.2, -0.15) is 0 Å². The quantitative estimate of drug-likeness (QED) is 0.594. The summed E-state index contributed by atoms with van der Waals surface area (Å²) in [6.07, 6.45) is 8.34. The maximum absolute atomic E-state index is 5.63. The van der Waals surface area contributed by atoms with Crippen LogP contribution in [0.5, 0.6) is 5.75 Å². The van der Waals surface area contributed by atoms with Crippen molar-refractivity contribution in [3.63, 3.8) is 0 Å². The van der Waals surface area contributed by atoms with E-state index in [1.165, 1.54) is 44.1 Å². The lowest BCUT2D eigenvalue weighted by Crippen LogP contribution is -2.63. The van der Waals surface area contributed by atoms with Crippen molar-refractivity contribution in [3.05, 3.63) is 26.6 Å². The Balaban J connectivity index is 1.58. The largest absolute Gasteiger partial charge is 0.495 e. The van der Waals surface area contributed by atoms with Crippen LogP contribution in [0, 0.1) is 16.7 Å². The highest BCUT2D eigenvalue weighted by Gasteiger charge is 2.59. The van der Waals surface area contributed by atoms with Crippen molar-refractivity contribution in [2.45, 2.75) is 64.5 Å². The topological polar surface area (TPSA) is 21.3 Å². The lowest BCUT2D eigenvalue weighted by atomic mass is 9.43. The van der Waals surface area contributed by atoms with E-state index in [9.17, 15) is 0 Å². The molecule has 24 heavy (non-hydrogen) atoms. The third-order valence-electron chi connectivity index (χ3n) is 6.57. The lowest BCUT2D eigenvalue weighted by Gasteiger charge is -2.65. The van der Waals surface area contributed by atoms with Gasteiger partial charge in [0, 0.05) is 22.1 Å². The fraction of sp³-hybridized carbons (Fsp3) is 0.700. The Labute approximate surface area is 162 Å². The minimum absolute atomic E-state index is 0.322. The molecule has 4 bridgehead atoms. The second-order valence-corrected chi connectivity index (χ2v) is 11.1. The minimum atomic E-state index is 0.322. The van der Waals surface area contributed by atoms with E-state index in [-0.39, 0.29) is 0 Å². The van der Waals surface area contributed by atoms with Crippen molar-refractivity contribution < 1.29 is 4.74 Å². The summed E-state index contributed by atoms with van der Waals surface area (Å²) in [6, 6.07) is 4.23. The zero-order chi connectivity index (χ0) is 17.2. The predicted octanol–water partition coefficient (Wildman–Crippen LogP) is 6.06. The molecule has 1 aromatic rings. The number of hydrogen-bond acceptors (Lipinski definition) is 2. The van der Waals surface area contributed by atoms with Gasteiger partial charge in [0.25, 0.3) is 0 Å². The van der Waals surface area contributed by atoms with Crippen molar-refractivity contribution in [1.82, 2.24) is 5.32 Å². The van der Waals surface area contributed by atoms with E-state index < -0.39 is 0 Å². The van der Waals surface area contributed by atoms with E-state index in [1.54, 1.807) is 7.11 Å². The summed E-state index contributed by atoms with van der Waals surface area (Å²) in [5.41, 5.74) is 2.64. The highest BCUT2D eigenvalue weighted by molar-refractivity contribution is 9.11. The zero-order valence-corrected chi connectivity index (χ0v) is 18.0. The molecule has 0 spiro atoms. The summed E-state index contributed by atoms with van der Waals surface area (Å²) < 4.78 is 7.74. The number of nitrogens with one attached hydrogen (secondary N) is 1. The molecule has 4 aliphatic rings. The van der Waals surface area contributed by atoms with Crippen LogP contribution in [0.4, 0.5) is 0 Å². The van der Waals surface area contributed by atoms with Gasteiger partial charge >= 0.3 is 0 Å². The second kappa shape index (κ2) is 5.72. The van der Waals surface area contributed by atoms with Crippen LogP contribution in [0.1, 0.15) is 57.9 Å². The third-order valence-corrected chi connectivity index (χ3v) is 7.62. The monoisotopic (exact) mass is 455 g/mol. The number of rotatable bonds is 4. The Morgan fingerprint density at radius 2 is 1.75 bits per heavy atom. The molecule has 132 valence electrons. The van der Waals surface area contributed by atoms with Crippen molar-refractivity contribution in [1.29, 1.82) is 0 Å². The van der Waals surface area contributed by atoms with Gasteiger partial charge in [0.1, 0.15) is 5.75 Å². The van der Waals surface area contributed by atoms with Gasteiger partial charge in [-0.05, 0) is 83.3 Å². The smallest absolute Gasteiger partial charge is 0.137 e. The van der Waals surface area contributed by atoms with Gasteiger partial charge in [0.05, 0.1) is 11.6 Å². The molecule has 4 fully saturated rings. The van der Waals surface area contributed by atoms with E-state index in [4.69, 9.17) is 4.74 Å². The number of ether oxygens (including phenoxy) is 1. The number of hydrogen-bond donors (Lipinski definition) is 1. The van der Waals surface area contributed by atoms with Crippen molar-refractivity contribution in [3.8, 4) is 5.75 Å². The fourth-order valence-electron chi connectivity index (χ4n) is 6.90. The first kappa shape index (κ1) is 17.4. The first-order chi connectivity index (χ1) is 11.2. The van der Waals surface area contributed by atoms with Gasteiger partial charge in [0.2, 0.25) is 0 Å². The SMILES string of the molecule is COc1c(Br)cc(Br)cc1CNC12CC3C[C@@](C)(C1)C[C@](C)(C3)C2. The minimum Gasteiger partial charge on any atom is -0.495 e. The summed E-state index contributed by atoms with van der Waals surface area (Å²) in [7, 11) is 1.75. The molecule has 1 N–H and O–H groups in total. The Morgan fingerprint density at radius 1 is 1.08 bits per heavy atom. The van der Waals surface area contributed by atoms with Gasteiger partial charge in [0.15, 0.2) is 0 Å². The Bertz CT molecular complexity index is 656. The summed E-state index contributed by atoms with van der Waals surface area (Å²) in [5, 5.41) is 4.00. The van der Waals surface area contributed by atoms with E-state index in [1.807, 2.05) is 0 Å². The van der Waals surface area contributed by atoms with Crippen LogP contribution in [-0.2, 0) is 6.54 Å². The van der Waals surface area contributed by atoms with Crippen LogP contribution < -0.4 is 10.1 Å². The van der Waals surface area contributed by atoms with Gasteiger partial charge in [-0.15, -0.1) is 0 Å². The summed E-state index contributed by atoms with van der Waals surface area (Å²) in [5.74, 6) is 1.87. The molecule has 4 saturated carbocycles. The van der Waals surface area contributed by atoms with Gasteiger partial charge in [-0.3, -0.25) is 0 Å². The van der Waals surface area contributed by atoms with E-state index in [0.29, 0.717) is 16.4 Å². The molecule has 4 heteroatoms. The first-order valence-electron chi connectivity index (χ1n) is 9.01. The number of halogens is 2. The highest BCUT2D eigenvalue weighted by atomic mass is 79.9. The maximum atomic E-state index is 5.63. The lowest BCUT2D eigenvalue weighted by molar-refractivity contribution is -0.118. The molecule has 0 amide bonds. The van der Waals surface area contributed by atoms with Crippen LogP contribution in [0.2, 0.25) is 0 Å². The Hall–Kier alpha value is -0.0600. The van der Waals surface area contributed by atoms with E-state index >= 15 is 0 Å². The summed E-state index contributed by atoms with van der Waals surface area (Å²) in [6.45, 7) is 5.94. The third kappa shape index (κ3) is 2.97. The molecule has 2 nitrogen and oxygen atoms in total. The van der Waals surface area contributed by atoms with Crippen LogP contribution in [0.15, 0.2) is 21.1 Å². The summed E-state index contributed by atoms with van der Waals surface area (Å²) in [4.78, 5) is 0. The molecule has 0 aliphatic heterocycles. The molecule has 0 aromatic heterocycles. The van der Waals surface area contributed by atoms with Crippen LogP contribution in [0.3, 0.4) is 0 Å². The molecule has 2 unspecified atom stereocenters. The molecule has 0 saturated heterocycles. The maximum Gasteiger partial charge on any atom is 0.137 e. The van der Waals surface area contributed by atoms with Crippen molar-refractivity contribution in [2.24, 2.45) is 16.7 Å². The molecular formula is C20H27Br2NO. The van der Waals surface area contributed by atoms with Gasteiger partial charge in [-0.1, -0.05) is 29.8 Å². The Kier molecular flexibility index (Phi) is 4.14. The molecule has 5 rings (SSSR count). The number of methoxy groups -OCH3 is 1. The molecule has 0 radical (unpaired) electrons. The average Bonchev–Trinajstić information content (AvgIpc) is 2.40. The summed E-state index contributed by atoms with van der Waals surface area (Å²) >= 11 is 7.24. The van der Waals surface area contributed by atoms with E-state index in [2.05, 4.69) is 63.2 Å². The fourth-order valence-corrected chi connectivity index (χ4v) is 8.38. The number of benzene rings is 1. The zero-order valence-electron chi connectivity index (χ0n) is 14.8. The van der Waals surface area contributed by atoms with Crippen LogP contribution >= 0.6 is 31.9 Å². The molecular weight excluding hydrogens is 430 g/mol. The normalized spacial score (nSPS) is 40.1. The second-order valence-electron chi connectivity index (χ2n) is 9.34. The molecule has 0 heterocycles. The highest BCUT2D eigenvalue weighted by Crippen LogP contribution is 2.66. The predicted molar refractivity (Wildman–Crippen MR) is 105 cm³/mol.